The molecule has 280 valence electrons. The van der Waals surface area contributed by atoms with Crippen molar-refractivity contribution in [3.8, 4) is 44.5 Å². The van der Waals surface area contributed by atoms with Gasteiger partial charge in [-0.25, -0.2) is 9.97 Å². The van der Waals surface area contributed by atoms with Crippen LogP contribution in [0.2, 0.25) is 40.2 Å². The van der Waals surface area contributed by atoms with E-state index in [1.165, 1.54) is 0 Å². The first-order valence-corrected chi connectivity index (χ1v) is 19.9. The Morgan fingerprint density at radius 3 is 0.667 bits per heavy atom. The number of benzene rings is 4. The van der Waals surface area contributed by atoms with Crippen LogP contribution in [0.1, 0.15) is 22.8 Å². The smallest absolute Gasteiger partial charge is 0.657 e. The molecule has 9 rings (SSSR count). The quantitative estimate of drug-likeness (QED) is 0.165. The molecule has 2 aliphatic heterocycles. The van der Waals surface area contributed by atoms with E-state index in [0.717, 1.165) is 0 Å². The molecular formula is C44H20Cl8N4Ru. The van der Waals surface area contributed by atoms with E-state index in [-0.39, 0.29) is 19.5 Å². The summed E-state index contributed by atoms with van der Waals surface area (Å²) in [6.45, 7) is 0. The molecular weight excluding hydrogens is 969 g/mol. The Morgan fingerprint density at radius 1 is 0.281 bits per heavy atom. The first kappa shape index (κ1) is 40.2. The van der Waals surface area contributed by atoms with Gasteiger partial charge in [0.15, 0.2) is 0 Å². The number of hydrogen-bond donors (Lipinski definition) is 0. The molecule has 3 aromatic heterocycles. The minimum absolute atomic E-state index is 0. The van der Waals surface area contributed by atoms with Crippen molar-refractivity contribution < 1.29 is 19.5 Å². The summed E-state index contributed by atoms with van der Waals surface area (Å²) < 4.78 is 0. The Labute approximate surface area is 379 Å². The van der Waals surface area contributed by atoms with E-state index in [2.05, 4.69) is 0 Å². The number of nitrogens with zero attached hydrogens (tertiary/aromatic N) is 4. The molecule has 0 aliphatic carbocycles. The van der Waals surface area contributed by atoms with Crippen LogP contribution in [-0.2, 0) is 19.5 Å². The van der Waals surface area contributed by atoms with Crippen LogP contribution in [-0.4, -0.2) is 9.97 Å². The minimum Gasteiger partial charge on any atom is -0.657 e. The number of fused-ring (bicyclic) bond motifs is 8. The van der Waals surface area contributed by atoms with Crippen molar-refractivity contribution >= 4 is 139 Å². The Kier molecular flexibility index (Phi) is 11.4. The molecule has 0 fully saturated rings. The molecule has 0 spiro atoms. The summed E-state index contributed by atoms with van der Waals surface area (Å²) in [5.41, 5.74) is 8.93. The molecule has 0 amide bonds. The molecule has 4 aromatic carbocycles. The van der Waals surface area contributed by atoms with Crippen LogP contribution < -0.4 is 9.97 Å². The molecule has 57 heavy (non-hydrogen) atoms. The summed E-state index contributed by atoms with van der Waals surface area (Å²) in [6.07, 6.45) is 7.53. The zero-order valence-corrected chi connectivity index (χ0v) is 36.5. The number of rotatable bonds is 4. The van der Waals surface area contributed by atoms with E-state index in [1.54, 1.807) is 72.8 Å². The van der Waals surface area contributed by atoms with E-state index < -0.39 is 0 Å². The number of aromatic nitrogens is 4. The second kappa shape index (κ2) is 16.2. The van der Waals surface area contributed by atoms with Crippen LogP contribution in [0.25, 0.3) is 90.9 Å². The molecule has 0 saturated carbocycles. The van der Waals surface area contributed by atoms with Crippen molar-refractivity contribution in [1.82, 2.24) is 19.9 Å². The van der Waals surface area contributed by atoms with E-state index in [9.17, 15) is 0 Å². The van der Waals surface area contributed by atoms with Crippen LogP contribution in [0.5, 0.6) is 0 Å². The second-order valence-electron chi connectivity index (χ2n) is 12.7. The minimum atomic E-state index is 0. The Bertz CT molecular complexity index is 2560. The van der Waals surface area contributed by atoms with Crippen molar-refractivity contribution in [3.05, 3.63) is 160 Å². The number of halogens is 8. The van der Waals surface area contributed by atoms with Crippen LogP contribution in [0.15, 0.2) is 97.1 Å². The summed E-state index contributed by atoms with van der Waals surface area (Å²) in [5, 5.41) is 3.32. The summed E-state index contributed by atoms with van der Waals surface area (Å²) >= 11 is 55.4. The van der Waals surface area contributed by atoms with Crippen molar-refractivity contribution in [2.75, 3.05) is 0 Å². The maximum atomic E-state index is 6.93. The average Bonchev–Trinajstić information content (AvgIpc) is 4.00. The Morgan fingerprint density at radius 2 is 0.474 bits per heavy atom. The van der Waals surface area contributed by atoms with E-state index >= 15 is 0 Å². The molecule has 7 aromatic rings. The fourth-order valence-corrected chi connectivity index (χ4v) is 9.40. The predicted octanol–water partition coefficient (Wildman–Crippen LogP) is 15.8. The second-order valence-corrected chi connectivity index (χ2v) is 16.0. The molecule has 0 radical (unpaired) electrons. The zero-order chi connectivity index (χ0) is 38.8. The van der Waals surface area contributed by atoms with E-state index in [1.807, 2.05) is 48.6 Å². The van der Waals surface area contributed by atoms with Gasteiger partial charge in [-0.3, -0.25) is 0 Å². The third-order valence-electron chi connectivity index (χ3n) is 9.46. The van der Waals surface area contributed by atoms with Gasteiger partial charge in [0.05, 0.1) is 22.8 Å². The van der Waals surface area contributed by atoms with Crippen molar-refractivity contribution in [3.63, 3.8) is 0 Å². The zero-order valence-electron chi connectivity index (χ0n) is 28.7. The van der Waals surface area contributed by atoms with Gasteiger partial charge in [0, 0.05) is 62.4 Å². The molecule has 8 bridgehead atoms. The molecule has 2 aliphatic rings. The fourth-order valence-electron chi connectivity index (χ4n) is 7.06. The van der Waals surface area contributed by atoms with Crippen LogP contribution in [0.3, 0.4) is 0 Å². The van der Waals surface area contributed by atoms with Crippen LogP contribution in [0.4, 0.5) is 0 Å². The van der Waals surface area contributed by atoms with E-state index in [0.29, 0.717) is 130 Å². The topological polar surface area (TPSA) is 54.0 Å². The largest absolute Gasteiger partial charge is 2.00 e. The van der Waals surface area contributed by atoms with Crippen molar-refractivity contribution in [2.45, 2.75) is 0 Å². The van der Waals surface area contributed by atoms with Gasteiger partial charge in [0.25, 0.3) is 0 Å². The van der Waals surface area contributed by atoms with Crippen molar-refractivity contribution in [2.24, 2.45) is 0 Å². The van der Waals surface area contributed by atoms with Gasteiger partial charge in [-0.05, 0) is 95.1 Å². The van der Waals surface area contributed by atoms with Gasteiger partial charge in [0.2, 0.25) is 0 Å². The Balaban J connectivity index is 0.00000455. The fraction of sp³-hybridized carbons (Fsp3) is 0. The average molecular weight is 989 g/mol. The molecule has 0 saturated heterocycles. The monoisotopic (exact) mass is 986 g/mol. The molecule has 0 N–H and O–H groups in total. The van der Waals surface area contributed by atoms with Crippen molar-refractivity contribution in [1.29, 1.82) is 0 Å². The summed E-state index contributed by atoms with van der Waals surface area (Å²) in [7, 11) is 0. The summed E-state index contributed by atoms with van der Waals surface area (Å²) in [6, 6.07) is 28.8. The van der Waals surface area contributed by atoms with Gasteiger partial charge >= 0.3 is 19.5 Å². The maximum absolute atomic E-state index is 6.93. The summed E-state index contributed by atoms with van der Waals surface area (Å²) in [4.78, 5) is 20.8. The SMILES string of the molecule is Clc1cccc(Cl)c1-c1c2nc(c(-c3c(Cl)cccc3Cl)c3ccc([n-]3)c(-c3c(Cl)cccc3Cl)c3nc(c(-c4c(Cl)cccc4Cl)c4ccc1[n-]4)C=C3)C=C2.[Ru+2]. The third-order valence-corrected chi connectivity index (χ3v) is 12.0. The summed E-state index contributed by atoms with van der Waals surface area (Å²) in [5.74, 6) is 0. The van der Waals surface area contributed by atoms with Gasteiger partial charge < -0.3 is 9.97 Å². The molecule has 13 heteroatoms. The molecule has 4 nitrogen and oxygen atoms in total. The normalized spacial score (nSPS) is 11.9. The van der Waals surface area contributed by atoms with Gasteiger partial charge in [0.1, 0.15) is 0 Å². The molecule has 5 heterocycles. The molecule has 0 unspecified atom stereocenters. The van der Waals surface area contributed by atoms with Gasteiger partial charge in [-0.1, -0.05) is 141 Å². The maximum Gasteiger partial charge on any atom is 2.00 e. The number of hydrogen-bond acceptors (Lipinski definition) is 2. The van der Waals surface area contributed by atoms with E-state index in [4.69, 9.17) is 113 Å². The Hall–Kier alpha value is -3.58. The van der Waals surface area contributed by atoms with Crippen LogP contribution >= 0.6 is 92.8 Å². The molecule has 0 atom stereocenters. The first-order valence-electron chi connectivity index (χ1n) is 16.9. The first-order chi connectivity index (χ1) is 27.1. The van der Waals surface area contributed by atoms with Gasteiger partial charge in [-0.2, -0.15) is 0 Å². The van der Waals surface area contributed by atoms with Crippen LogP contribution in [0, 0.1) is 0 Å². The third kappa shape index (κ3) is 7.16. The predicted molar refractivity (Wildman–Crippen MR) is 239 cm³/mol. The standard InChI is InChI=1S/C44H20Cl8N4.Ru/c45-21-5-1-6-22(46)37(21)41-29-13-15-31(53-29)42(38-23(47)7-2-8-24(38)48)33-17-19-35(55-33)44(40-27(51)11-4-12-28(40)52)36-20-18-34(56-36)43(32-16-14-30(41)54-32)39-25(49)9-3-10-26(39)50;/h1-20H;/q-2;+2. The van der Waals surface area contributed by atoms with Gasteiger partial charge in [-0.15, -0.1) is 22.1 Å².